The predicted octanol–water partition coefficient (Wildman–Crippen LogP) is 5.31. The van der Waals surface area contributed by atoms with Crippen molar-refractivity contribution in [3.63, 3.8) is 0 Å². The number of ether oxygens (including phenoxy) is 1. The van der Waals surface area contributed by atoms with Gasteiger partial charge in [0, 0.05) is 24.6 Å². The zero-order valence-electron chi connectivity index (χ0n) is 15.1. The first-order chi connectivity index (χ1) is 12.8. The second-order valence-electron chi connectivity index (χ2n) is 5.89. The minimum Gasteiger partial charge on any atom is -0.497 e. The van der Waals surface area contributed by atoms with Crippen molar-refractivity contribution in [3.8, 4) is 16.9 Å². The van der Waals surface area contributed by atoms with E-state index in [0.29, 0.717) is 0 Å². The fourth-order valence-electron chi connectivity index (χ4n) is 2.56. The van der Waals surface area contributed by atoms with Crippen LogP contribution in [0.4, 0.5) is 17.3 Å². The topological polar surface area (TPSA) is 13.1 Å². The predicted molar refractivity (Wildman–Crippen MR) is 99.1 cm³/mol. The van der Waals surface area contributed by atoms with Crippen molar-refractivity contribution >= 4 is 7.25 Å². The van der Waals surface area contributed by atoms with Gasteiger partial charge < -0.3 is 22.0 Å². The third-order valence-electron chi connectivity index (χ3n) is 3.87. The molecule has 0 aliphatic rings. The first-order valence-corrected chi connectivity index (χ1v) is 8.32. The summed E-state index contributed by atoms with van der Waals surface area (Å²) in [7, 11) is -4.31. The quantitative estimate of drug-likeness (QED) is 0.341. The van der Waals surface area contributed by atoms with Gasteiger partial charge in [0.25, 0.3) is 0 Å². The number of nitrogens with zero attached hydrogens (tertiary/aromatic N) is 1. The van der Waals surface area contributed by atoms with E-state index >= 15 is 0 Å². The van der Waals surface area contributed by atoms with Crippen LogP contribution in [0.5, 0.6) is 5.75 Å². The van der Waals surface area contributed by atoms with E-state index in [1.54, 1.807) is 7.11 Å². The van der Waals surface area contributed by atoms with E-state index < -0.39 is 7.25 Å². The number of hydrogen-bond acceptors (Lipinski definition) is 1. The van der Waals surface area contributed by atoms with Crippen LogP contribution in [-0.4, -0.2) is 14.4 Å². The van der Waals surface area contributed by atoms with Crippen LogP contribution in [0.3, 0.4) is 0 Å². The second kappa shape index (κ2) is 9.21. The molecule has 0 amide bonds. The summed E-state index contributed by atoms with van der Waals surface area (Å²) in [6.45, 7) is 3.01. The Morgan fingerprint density at radius 3 is 1.96 bits per heavy atom. The molecule has 0 aliphatic carbocycles. The van der Waals surface area contributed by atoms with Crippen molar-refractivity contribution in [2.24, 2.45) is 0 Å². The molecule has 2 nitrogen and oxygen atoms in total. The third-order valence-corrected chi connectivity index (χ3v) is 3.87. The van der Waals surface area contributed by atoms with Crippen LogP contribution in [0, 0.1) is 6.92 Å². The number of pyridine rings is 1. The number of halogens is 4. The highest BCUT2D eigenvalue weighted by Gasteiger charge is 2.20. The number of benzene rings is 2. The summed E-state index contributed by atoms with van der Waals surface area (Å²) in [5.74, 6) is 0.893. The van der Waals surface area contributed by atoms with Gasteiger partial charge in [0.2, 0.25) is 0 Å². The van der Waals surface area contributed by atoms with Crippen molar-refractivity contribution in [3.05, 3.63) is 84.2 Å². The fraction of sp³-hybridized carbons (Fsp3) is 0.150. The van der Waals surface area contributed by atoms with Gasteiger partial charge in [0.1, 0.15) is 5.75 Å². The number of rotatable bonds is 4. The van der Waals surface area contributed by atoms with Gasteiger partial charge in [-0.05, 0) is 35.4 Å². The van der Waals surface area contributed by atoms with Gasteiger partial charge in [-0.2, -0.15) is 4.57 Å². The van der Waals surface area contributed by atoms with Gasteiger partial charge in [0.05, 0.1) is 7.11 Å². The van der Waals surface area contributed by atoms with Crippen LogP contribution < -0.4 is 9.30 Å². The van der Waals surface area contributed by atoms with E-state index in [1.165, 1.54) is 22.4 Å². The standard InChI is InChI=1S/C20H20NO.BF4/c1-16-14-19(18-6-4-3-5-7-18)12-13-21(16)15-17-8-10-20(22-2)11-9-17;2-1(3,4)5/h3-14H,15H2,1-2H3;/q+1;-1. The lowest BCUT2D eigenvalue weighted by Gasteiger charge is -2.05. The van der Waals surface area contributed by atoms with E-state index in [0.717, 1.165) is 12.3 Å². The van der Waals surface area contributed by atoms with Gasteiger partial charge in [-0.1, -0.05) is 30.3 Å². The normalized spacial score (nSPS) is 10.7. The van der Waals surface area contributed by atoms with Crippen LogP contribution >= 0.6 is 0 Å². The maximum Gasteiger partial charge on any atom is 0.673 e. The van der Waals surface area contributed by atoms with Crippen LogP contribution in [-0.2, 0) is 6.54 Å². The zero-order chi connectivity index (χ0) is 19.9. The molecule has 0 spiro atoms. The molecule has 0 N–H and O–H groups in total. The minimum absolute atomic E-state index is 0.866. The Labute approximate surface area is 156 Å². The second-order valence-corrected chi connectivity index (χ2v) is 5.89. The number of aromatic nitrogens is 1. The summed E-state index contributed by atoms with van der Waals surface area (Å²) >= 11 is 0. The van der Waals surface area contributed by atoms with Crippen molar-refractivity contribution in [1.29, 1.82) is 0 Å². The lowest BCUT2D eigenvalue weighted by Crippen LogP contribution is -2.37. The van der Waals surface area contributed by atoms with E-state index in [4.69, 9.17) is 4.74 Å². The molecule has 27 heavy (non-hydrogen) atoms. The fourth-order valence-corrected chi connectivity index (χ4v) is 2.56. The molecule has 3 aromatic rings. The summed E-state index contributed by atoms with van der Waals surface area (Å²) < 4.78 is 46.5. The minimum atomic E-state index is -6.00. The van der Waals surface area contributed by atoms with Crippen LogP contribution in [0.2, 0.25) is 0 Å². The van der Waals surface area contributed by atoms with Crippen molar-refractivity contribution in [1.82, 2.24) is 0 Å². The highest BCUT2D eigenvalue weighted by Crippen LogP contribution is 2.18. The monoisotopic (exact) mass is 377 g/mol. The molecular weight excluding hydrogens is 357 g/mol. The summed E-state index contributed by atoms with van der Waals surface area (Å²) in [4.78, 5) is 0. The van der Waals surface area contributed by atoms with Crippen LogP contribution in [0.1, 0.15) is 11.3 Å². The average Bonchev–Trinajstić information content (AvgIpc) is 2.63. The third kappa shape index (κ3) is 7.13. The Balaban J connectivity index is 0.000000465. The largest absolute Gasteiger partial charge is 0.673 e. The highest BCUT2D eigenvalue weighted by atomic mass is 19.5. The molecule has 1 heterocycles. The molecule has 0 unspecified atom stereocenters. The molecule has 0 aliphatic heterocycles. The van der Waals surface area contributed by atoms with Gasteiger partial charge in [-0.3, -0.25) is 0 Å². The molecular formula is C20H20BF4NO. The van der Waals surface area contributed by atoms with Crippen LogP contribution in [0.25, 0.3) is 11.1 Å². The molecule has 0 radical (unpaired) electrons. The van der Waals surface area contributed by atoms with Gasteiger partial charge in [-0.25, -0.2) is 0 Å². The SMILES string of the molecule is COc1ccc(C[n+]2ccc(-c3ccccc3)cc2C)cc1.F[B-](F)(F)F. The van der Waals surface area contributed by atoms with Crippen molar-refractivity contribution < 1.29 is 26.6 Å². The van der Waals surface area contributed by atoms with Gasteiger partial charge >= 0.3 is 7.25 Å². The first-order valence-electron chi connectivity index (χ1n) is 8.32. The molecule has 0 saturated heterocycles. The summed E-state index contributed by atoms with van der Waals surface area (Å²) in [6.07, 6.45) is 2.15. The van der Waals surface area contributed by atoms with E-state index in [9.17, 15) is 17.3 Å². The Morgan fingerprint density at radius 1 is 0.852 bits per heavy atom. The summed E-state index contributed by atoms with van der Waals surface area (Å²) in [5.41, 5.74) is 5.02. The number of aryl methyl sites for hydroxylation is 1. The molecule has 2 aromatic carbocycles. The van der Waals surface area contributed by atoms with E-state index in [1.807, 2.05) is 18.2 Å². The molecule has 1 aromatic heterocycles. The molecule has 142 valence electrons. The van der Waals surface area contributed by atoms with Crippen molar-refractivity contribution in [2.75, 3.05) is 7.11 Å². The Hall–Kier alpha value is -2.83. The number of methoxy groups -OCH3 is 1. The molecule has 7 heteroatoms. The van der Waals surface area contributed by atoms with Crippen LogP contribution in [0.15, 0.2) is 72.9 Å². The smallest absolute Gasteiger partial charge is 0.497 e. The maximum absolute atomic E-state index is 9.75. The molecule has 3 rings (SSSR count). The lowest BCUT2D eigenvalue weighted by molar-refractivity contribution is -0.694. The van der Waals surface area contributed by atoms with E-state index in [2.05, 4.69) is 66.2 Å². The summed E-state index contributed by atoms with van der Waals surface area (Å²) in [5, 5.41) is 0. The highest BCUT2D eigenvalue weighted by molar-refractivity contribution is 6.50. The molecule has 0 fully saturated rings. The summed E-state index contributed by atoms with van der Waals surface area (Å²) in [6, 6.07) is 23.1. The molecule has 0 bridgehead atoms. The maximum atomic E-state index is 9.75. The molecule has 0 atom stereocenters. The Morgan fingerprint density at radius 2 is 1.44 bits per heavy atom. The average molecular weight is 377 g/mol. The number of hydrogen-bond donors (Lipinski definition) is 0. The molecule has 0 saturated carbocycles. The Bertz CT molecular complexity index is 846. The van der Waals surface area contributed by atoms with Gasteiger partial charge in [-0.15, -0.1) is 0 Å². The van der Waals surface area contributed by atoms with E-state index in [-0.39, 0.29) is 0 Å². The first kappa shape index (κ1) is 20.5. The lowest BCUT2D eigenvalue weighted by atomic mass is 10.1. The Kier molecular flexibility index (Phi) is 6.99. The van der Waals surface area contributed by atoms with Gasteiger partial charge in [0.15, 0.2) is 18.4 Å². The zero-order valence-corrected chi connectivity index (χ0v) is 15.1. The van der Waals surface area contributed by atoms with Crippen molar-refractivity contribution in [2.45, 2.75) is 13.5 Å².